The number of ether oxygens (including phenoxy) is 2. The normalized spacial score (nSPS) is 24.7. The van der Waals surface area contributed by atoms with Crippen molar-refractivity contribution < 1.29 is 24.8 Å². The summed E-state index contributed by atoms with van der Waals surface area (Å²) in [5.41, 5.74) is 0. The zero-order valence-electron chi connectivity index (χ0n) is 19.4. The van der Waals surface area contributed by atoms with Crippen LogP contribution in [0.4, 0.5) is 0 Å². The second-order valence-electron chi connectivity index (χ2n) is 8.79. The summed E-state index contributed by atoms with van der Waals surface area (Å²) in [6.07, 6.45) is 20.3. The van der Waals surface area contributed by atoms with Gasteiger partial charge in [-0.05, 0) is 32.1 Å². The summed E-state index contributed by atoms with van der Waals surface area (Å²) >= 11 is 0. The molecule has 4 atom stereocenters. The third-order valence-corrected chi connectivity index (χ3v) is 5.94. The molecule has 0 aliphatic carbocycles. The van der Waals surface area contributed by atoms with E-state index in [1.165, 1.54) is 89.9 Å². The predicted molar refractivity (Wildman–Crippen MR) is 123 cm³/mol. The van der Waals surface area contributed by atoms with Crippen molar-refractivity contribution in [2.75, 3.05) is 19.8 Å². The predicted octanol–water partition coefficient (Wildman–Crippen LogP) is 4.91. The van der Waals surface area contributed by atoms with E-state index in [-0.39, 0.29) is 13.2 Å². The molecular formula is C25H48O5. The van der Waals surface area contributed by atoms with Crippen LogP contribution in [0.25, 0.3) is 0 Å². The van der Waals surface area contributed by atoms with Crippen molar-refractivity contribution in [2.24, 2.45) is 0 Å². The molecule has 0 spiro atoms. The Kier molecular flexibility index (Phi) is 17.7. The Morgan fingerprint density at radius 1 is 0.733 bits per heavy atom. The van der Waals surface area contributed by atoms with Crippen LogP contribution in [0.5, 0.6) is 0 Å². The molecule has 5 heteroatoms. The van der Waals surface area contributed by atoms with Crippen molar-refractivity contribution in [3.05, 3.63) is 12.2 Å². The third kappa shape index (κ3) is 13.8. The number of aliphatic hydroxyl groups excluding tert-OH is 3. The minimum absolute atomic E-state index is 0.0437. The number of unbranched alkanes of at least 4 members (excludes halogenated alkanes) is 13. The maximum Gasteiger partial charge on any atom is 0.111 e. The number of rotatable bonds is 19. The van der Waals surface area contributed by atoms with Gasteiger partial charge in [0.05, 0.1) is 13.2 Å². The molecule has 0 saturated carbocycles. The second kappa shape index (κ2) is 19.2. The molecule has 1 saturated heterocycles. The Morgan fingerprint density at radius 3 is 1.87 bits per heavy atom. The molecule has 178 valence electrons. The molecule has 1 aliphatic heterocycles. The number of aliphatic hydroxyl groups is 3. The molecule has 30 heavy (non-hydrogen) atoms. The van der Waals surface area contributed by atoms with Gasteiger partial charge in [0.1, 0.15) is 24.4 Å². The van der Waals surface area contributed by atoms with E-state index < -0.39 is 24.4 Å². The lowest BCUT2D eigenvalue weighted by atomic mass is 10.0. The zero-order valence-corrected chi connectivity index (χ0v) is 19.4. The topological polar surface area (TPSA) is 79.2 Å². The lowest BCUT2D eigenvalue weighted by Gasteiger charge is -2.35. The van der Waals surface area contributed by atoms with E-state index in [0.29, 0.717) is 6.61 Å². The number of allylic oxidation sites excluding steroid dienone is 2. The van der Waals surface area contributed by atoms with Gasteiger partial charge in [-0.1, -0.05) is 83.3 Å². The first kappa shape index (κ1) is 27.6. The van der Waals surface area contributed by atoms with Crippen LogP contribution in [0, 0.1) is 0 Å². The minimum atomic E-state index is -1.15. The molecule has 0 aromatic carbocycles. The molecule has 1 rings (SSSR count). The van der Waals surface area contributed by atoms with E-state index in [0.717, 1.165) is 6.42 Å². The molecule has 0 radical (unpaired) electrons. The molecule has 1 heterocycles. The standard InChI is InChI=1S/C25H48O5/c1-2-3-4-5-6-7-8-9-10-11-12-13-14-15-16-17-18-19-29-21-23-25(28)24(27)22(26)20-30-23/h7-8,22-28H,2-6,9-21H2,1H3/b8-7+/t22-,23+,24+,25+/m1/s1. The summed E-state index contributed by atoms with van der Waals surface area (Å²) in [6.45, 7) is 3.22. The van der Waals surface area contributed by atoms with E-state index >= 15 is 0 Å². The van der Waals surface area contributed by atoms with Gasteiger partial charge in [-0.15, -0.1) is 0 Å². The van der Waals surface area contributed by atoms with Crippen LogP contribution in [0.3, 0.4) is 0 Å². The SMILES string of the molecule is CCCCCC/C=C/CCCCCCCCCCCOC[C@@H]1OC[C@@H](O)[C@H](O)[C@H]1O. The lowest BCUT2D eigenvalue weighted by molar-refractivity contribution is -0.199. The monoisotopic (exact) mass is 428 g/mol. The van der Waals surface area contributed by atoms with Gasteiger partial charge in [0.2, 0.25) is 0 Å². The molecule has 0 aromatic rings. The Balaban J connectivity index is 1.77. The highest BCUT2D eigenvalue weighted by molar-refractivity contribution is 4.86. The fourth-order valence-electron chi connectivity index (χ4n) is 3.84. The first-order chi connectivity index (χ1) is 14.7. The Morgan fingerprint density at radius 2 is 1.27 bits per heavy atom. The van der Waals surface area contributed by atoms with E-state index in [1.54, 1.807) is 0 Å². The van der Waals surface area contributed by atoms with Crippen molar-refractivity contribution in [1.82, 2.24) is 0 Å². The summed E-state index contributed by atoms with van der Waals surface area (Å²) < 4.78 is 10.9. The molecule has 0 aromatic heterocycles. The van der Waals surface area contributed by atoms with Crippen molar-refractivity contribution in [3.8, 4) is 0 Å². The van der Waals surface area contributed by atoms with Gasteiger partial charge in [0.15, 0.2) is 0 Å². The minimum Gasteiger partial charge on any atom is -0.388 e. The fraction of sp³-hybridized carbons (Fsp3) is 0.920. The summed E-state index contributed by atoms with van der Waals surface area (Å²) in [7, 11) is 0. The third-order valence-electron chi connectivity index (χ3n) is 5.94. The maximum atomic E-state index is 9.84. The van der Waals surface area contributed by atoms with Gasteiger partial charge in [-0.3, -0.25) is 0 Å². The maximum absolute atomic E-state index is 9.84. The van der Waals surface area contributed by atoms with Gasteiger partial charge in [0, 0.05) is 6.61 Å². The largest absolute Gasteiger partial charge is 0.388 e. The number of hydrogen-bond acceptors (Lipinski definition) is 5. The summed E-state index contributed by atoms with van der Waals surface area (Å²) in [5.74, 6) is 0. The average molecular weight is 429 g/mol. The lowest BCUT2D eigenvalue weighted by Crippen LogP contribution is -2.54. The van der Waals surface area contributed by atoms with Crippen molar-refractivity contribution in [1.29, 1.82) is 0 Å². The van der Waals surface area contributed by atoms with Crippen LogP contribution in [0.1, 0.15) is 103 Å². The van der Waals surface area contributed by atoms with Gasteiger partial charge >= 0.3 is 0 Å². The van der Waals surface area contributed by atoms with Crippen LogP contribution in [0.15, 0.2) is 12.2 Å². The highest BCUT2D eigenvalue weighted by Gasteiger charge is 2.37. The zero-order chi connectivity index (χ0) is 21.9. The van der Waals surface area contributed by atoms with Gasteiger partial charge in [0.25, 0.3) is 0 Å². The van der Waals surface area contributed by atoms with E-state index in [1.807, 2.05) is 0 Å². The van der Waals surface area contributed by atoms with Crippen LogP contribution in [-0.2, 0) is 9.47 Å². The average Bonchev–Trinajstić information content (AvgIpc) is 2.75. The van der Waals surface area contributed by atoms with Crippen LogP contribution >= 0.6 is 0 Å². The number of hydrogen-bond donors (Lipinski definition) is 3. The molecule has 0 amide bonds. The van der Waals surface area contributed by atoms with E-state index in [2.05, 4.69) is 19.1 Å². The summed E-state index contributed by atoms with van der Waals surface area (Å²) in [5, 5.41) is 28.9. The Bertz CT molecular complexity index is 401. The van der Waals surface area contributed by atoms with Gasteiger partial charge < -0.3 is 24.8 Å². The van der Waals surface area contributed by atoms with Crippen LogP contribution in [0.2, 0.25) is 0 Å². The van der Waals surface area contributed by atoms with Gasteiger partial charge in [-0.25, -0.2) is 0 Å². The van der Waals surface area contributed by atoms with E-state index in [9.17, 15) is 15.3 Å². The molecular weight excluding hydrogens is 380 g/mol. The van der Waals surface area contributed by atoms with E-state index in [4.69, 9.17) is 9.47 Å². The first-order valence-electron chi connectivity index (χ1n) is 12.5. The van der Waals surface area contributed by atoms with Crippen LogP contribution in [-0.4, -0.2) is 59.6 Å². The highest BCUT2D eigenvalue weighted by Crippen LogP contribution is 2.16. The van der Waals surface area contributed by atoms with Gasteiger partial charge in [-0.2, -0.15) is 0 Å². The molecule has 1 fully saturated rings. The summed E-state index contributed by atoms with van der Waals surface area (Å²) in [6, 6.07) is 0. The second-order valence-corrected chi connectivity index (χ2v) is 8.79. The quantitative estimate of drug-likeness (QED) is 0.201. The Labute approximate surface area is 184 Å². The smallest absolute Gasteiger partial charge is 0.111 e. The Hall–Kier alpha value is -0.460. The molecule has 1 aliphatic rings. The first-order valence-corrected chi connectivity index (χ1v) is 12.5. The van der Waals surface area contributed by atoms with Crippen molar-refractivity contribution >= 4 is 0 Å². The molecule has 0 bridgehead atoms. The summed E-state index contributed by atoms with van der Waals surface area (Å²) in [4.78, 5) is 0. The van der Waals surface area contributed by atoms with Crippen LogP contribution < -0.4 is 0 Å². The fourth-order valence-corrected chi connectivity index (χ4v) is 3.84. The molecule has 3 N–H and O–H groups in total. The van der Waals surface area contributed by atoms with Crippen molar-refractivity contribution in [2.45, 2.75) is 128 Å². The molecule has 5 nitrogen and oxygen atoms in total. The van der Waals surface area contributed by atoms with Crippen molar-refractivity contribution in [3.63, 3.8) is 0 Å². The molecule has 0 unspecified atom stereocenters. The highest BCUT2D eigenvalue weighted by atomic mass is 16.6.